The van der Waals surface area contributed by atoms with E-state index in [4.69, 9.17) is 11.6 Å². The second-order valence-electron chi connectivity index (χ2n) is 6.74. The molecule has 5 nitrogen and oxygen atoms in total. The van der Waals surface area contributed by atoms with Gasteiger partial charge < -0.3 is 10.1 Å². The summed E-state index contributed by atoms with van der Waals surface area (Å²) >= 11 is 5.94. The summed E-state index contributed by atoms with van der Waals surface area (Å²) in [4.78, 5) is 27.5. The lowest BCUT2D eigenvalue weighted by Crippen LogP contribution is -2.32. The van der Waals surface area contributed by atoms with Gasteiger partial charge >= 0.3 is 6.36 Å². The van der Waals surface area contributed by atoms with Gasteiger partial charge in [-0.15, -0.1) is 13.2 Å². The van der Waals surface area contributed by atoms with E-state index in [1.54, 1.807) is 54.6 Å². The molecule has 0 unspecified atom stereocenters. The fraction of sp³-hybridized carbons (Fsp3) is 0.0435. The van der Waals surface area contributed by atoms with Crippen molar-refractivity contribution < 1.29 is 27.5 Å². The average molecular weight is 459 g/mol. The summed E-state index contributed by atoms with van der Waals surface area (Å²) in [5.41, 5.74) is 0.920. The standard InChI is InChI=1S/C23H14ClF3N2O3/c24-15-11-9-14(10-12-15)19-20(22(31)29(21(19)30)17-6-2-1-3-7-17)28-16-5-4-8-18(13-16)32-23(25,26)27/h1-13,28H. The number of amides is 2. The van der Waals surface area contributed by atoms with E-state index in [2.05, 4.69) is 10.1 Å². The number of para-hydroxylation sites is 1. The van der Waals surface area contributed by atoms with Crippen LogP contribution < -0.4 is 15.0 Å². The van der Waals surface area contributed by atoms with Crippen LogP contribution in [0.1, 0.15) is 5.56 Å². The van der Waals surface area contributed by atoms with Crippen molar-refractivity contribution in [3.8, 4) is 5.75 Å². The van der Waals surface area contributed by atoms with Crippen molar-refractivity contribution in [1.82, 2.24) is 0 Å². The average Bonchev–Trinajstić information content (AvgIpc) is 2.98. The Bertz CT molecular complexity index is 1210. The molecule has 0 spiro atoms. The van der Waals surface area contributed by atoms with Gasteiger partial charge in [-0.2, -0.15) is 0 Å². The third kappa shape index (κ3) is 4.45. The van der Waals surface area contributed by atoms with Crippen molar-refractivity contribution in [2.45, 2.75) is 6.36 Å². The Labute approximate surface area is 185 Å². The van der Waals surface area contributed by atoms with E-state index in [1.807, 2.05) is 0 Å². The number of nitrogens with zero attached hydrogens (tertiary/aromatic N) is 1. The van der Waals surface area contributed by atoms with E-state index < -0.39 is 23.9 Å². The highest BCUT2D eigenvalue weighted by molar-refractivity contribution is 6.46. The number of carbonyl (C=O) groups excluding carboxylic acids is 2. The molecule has 1 aliphatic rings. The molecular weight excluding hydrogens is 445 g/mol. The quantitative estimate of drug-likeness (QED) is 0.503. The van der Waals surface area contributed by atoms with Crippen LogP contribution in [0.2, 0.25) is 5.02 Å². The zero-order valence-corrected chi connectivity index (χ0v) is 16.9. The summed E-state index contributed by atoms with van der Waals surface area (Å²) in [6.07, 6.45) is -4.87. The van der Waals surface area contributed by atoms with Crippen molar-refractivity contribution in [2.24, 2.45) is 0 Å². The lowest BCUT2D eigenvalue weighted by Gasteiger charge is -2.15. The molecule has 0 fully saturated rings. The lowest BCUT2D eigenvalue weighted by atomic mass is 10.0. The molecule has 32 heavy (non-hydrogen) atoms. The highest BCUT2D eigenvalue weighted by Crippen LogP contribution is 2.35. The number of imide groups is 1. The van der Waals surface area contributed by atoms with E-state index >= 15 is 0 Å². The number of alkyl halides is 3. The largest absolute Gasteiger partial charge is 0.573 e. The Kier molecular flexibility index (Phi) is 5.63. The van der Waals surface area contributed by atoms with Crippen LogP contribution in [0.25, 0.3) is 5.57 Å². The van der Waals surface area contributed by atoms with Crippen LogP contribution in [0, 0.1) is 0 Å². The Morgan fingerprint density at radius 3 is 2.19 bits per heavy atom. The number of ether oxygens (including phenoxy) is 1. The fourth-order valence-electron chi connectivity index (χ4n) is 3.26. The van der Waals surface area contributed by atoms with Gasteiger partial charge in [-0.25, -0.2) is 4.90 Å². The molecule has 9 heteroatoms. The monoisotopic (exact) mass is 458 g/mol. The molecule has 3 aromatic carbocycles. The lowest BCUT2D eigenvalue weighted by molar-refractivity contribution is -0.274. The van der Waals surface area contributed by atoms with Crippen molar-refractivity contribution in [2.75, 3.05) is 10.2 Å². The van der Waals surface area contributed by atoms with Gasteiger partial charge in [0.1, 0.15) is 11.4 Å². The molecule has 162 valence electrons. The molecule has 3 aromatic rings. The molecule has 0 saturated carbocycles. The van der Waals surface area contributed by atoms with Crippen LogP contribution in [0.5, 0.6) is 5.75 Å². The van der Waals surface area contributed by atoms with Gasteiger partial charge in [0.15, 0.2) is 0 Å². The summed E-state index contributed by atoms with van der Waals surface area (Å²) in [5, 5.41) is 3.24. The van der Waals surface area contributed by atoms with E-state index in [9.17, 15) is 22.8 Å². The van der Waals surface area contributed by atoms with E-state index in [0.29, 0.717) is 16.3 Å². The highest BCUT2D eigenvalue weighted by Gasteiger charge is 2.40. The molecule has 1 aliphatic heterocycles. The van der Waals surface area contributed by atoms with E-state index in [0.717, 1.165) is 17.0 Å². The minimum absolute atomic E-state index is 0.0673. The first-order valence-electron chi connectivity index (χ1n) is 9.30. The number of carbonyl (C=O) groups is 2. The Hall–Kier alpha value is -3.78. The van der Waals surface area contributed by atoms with Crippen LogP contribution in [-0.2, 0) is 9.59 Å². The Morgan fingerprint density at radius 1 is 0.844 bits per heavy atom. The number of benzene rings is 3. The summed E-state index contributed by atoms with van der Waals surface area (Å²) < 4.78 is 41.7. The summed E-state index contributed by atoms with van der Waals surface area (Å²) in [5.74, 6) is -1.69. The normalized spacial score (nSPS) is 14.2. The number of nitrogens with one attached hydrogen (secondary N) is 1. The molecule has 0 aromatic heterocycles. The Balaban J connectivity index is 1.76. The molecule has 0 bridgehead atoms. The number of hydrogen-bond donors (Lipinski definition) is 1. The first-order valence-corrected chi connectivity index (χ1v) is 9.67. The number of hydrogen-bond acceptors (Lipinski definition) is 4. The Morgan fingerprint density at radius 2 is 1.53 bits per heavy atom. The second kappa shape index (κ2) is 8.39. The molecule has 0 aliphatic carbocycles. The van der Waals surface area contributed by atoms with Crippen molar-refractivity contribution >= 4 is 40.4 Å². The van der Waals surface area contributed by atoms with Crippen LogP contribution in [0.15, 0.2) is 84.6 Å². The van der Waals surface area contributed by atoms with Crippen LogP contribution in [0.4, 0.5) is 24.5 Å². The maximum absolute atomic E-state index is 13.3. The van der Waals surface area contributed by atoms with Gasteiger partial charge in [-0.05, 0) is 42.0 Å². The zero-order chi connectivity index (χ0) is 22.9. The topological polar surface area (TPSA) is 58.6 Å². The third-order valence-electron chi connectivity index (χ3n) is 4.57. The molecule has 1 heterocycles. The molecule has 2 amide bonds. The van der Waals surface area contributed by atoms with Gasteiger partial charge in [0.25, 0.3) is 11.8 Å². The number of anilines is 2. The van der Waals surface area contributed by atoms with Crippen molar-refractivity contribution in [1.29, 1.82) is 0 Å². The minimum atomic E-state index is -4.87. The molecule has 4 rings (SSSR count). The number of rotatable bonds is 5. The summed E-state index contributed by atoms with van der Waals surface area (Å²) in [6.45, 7) is 0. The smallest absolute Gasteiger partial charge is 0.406 e. The van der Waals surface area contributed by atoms with Crippen LogP contribution in [-0.4, -0.2) is 18.2 Å². The molecule has 0 saturated heterocycles. The van der Waals surface area contributed by atoms with Crippen molar-refractivity contribution in [3.05, 3.63) is 95.1 Å². The van der Waals surface area contributed by atoms with Gasteiger partial charge in [0.05, 0.1) is 11.3 Å². The maximum Gasteiger partial charge on any atom is 0.573 e. The van der Waals surface area contributed by atoms with Gasteiger partial charge in [0, 0.05) is 16.8 Å². The maximum atomic E-state index is 13.3. The summed E-state index contributed by atoms with van der Waals surface area (Å²) in [6, 6.07) is 19.6. The third-order valence-corrected chi connectivity index (χ3v) is 4.82. The van der Waals surface area contributed by atoms with E-state index in [-0.39, 0.29) is 17.0 Å². The molecule has 0 atom stereocenters. The molecule has 1 N–H and O–H groups in total. The predicted octanol–water partition coefficient (Wildman–Crippen LogP) is 5.64. The van der Waals surface area contributed by atoms with Gasteiger partial charge in [0.2, 0.25) is 0 Å². The first kappa shape index (κ1) is 21.5. The van der Waals surface area contributed by atoms with Gasteiger partial charge in [-0.1, -0.05) is 48.0 Å². The molecular formula is C23H14ClF3N2O3. The van der Waals surface area contributed by atoms with Crippen molar-refractivity contribution in [3.63, 3.8) is 0 Å². The van der Waals surface area contributed by atoms with Crippen LogP contribution >= 0.6 is 11.6 Å². The fourth-order valence-corrected chi connectivity index (χ4v) is 3.38. The van der Waals surface area contributed by atoms with E-state index in [1.165, 1.54) is 12.1 Å². The van der Waals surface area contributed by atoms with Gasteiger partial charge in [-0.3, -0.25) is 9.59 Å². The predicted molar refractivity (Wildman–Crippen MR) is 114 cm³/mol. The molecule has 0 radical (unpaired) electrons. The number of halogens is 4. The first-order chi connectivity index (χ1) is 15.2. The zero-order valence-electron chi connectivity index (χ0n) is 16.2. The highest BCUT2D eigenvalue weighted by atomic mass is 35.5. The SMILES string of the molecule is O=C1C(Nc2cccc(OC(F)(F)F)c2)=C(c2ccc(Cl)cc2)C(=O)N1c1ccccc1. The summed E-state index contributed by atoms with van der Waals surface area (Å²) in [7, 11) is 0. The second-order valence-corrected chi connectivity index (χ2v) is 7.18. The van der Waals surface area contributed by atoms with Crippen LogP contribution in [0.3, 0.4) is 0 Å². The minimum Gasteiger partial charge on any atom is -0.406 e.